The van der Waals surface area contributed by atoms with E-state index in [9.17, 15) is 4.79 Å². The lowest BCUT2D eigenvalue weighted by molar-refractivity contribution is 0.0278. The number of hydrogen-bond donors (Lipinski definition) is 1. The average Bonchev–Trinajstić information content (AvgIpc) is 2.31. The van der Waals surface area contributed by atoms with Gasteiger partial charge in [0, 0.05) is 12.3 Å². The number of carbonyl (C=O) groups excluding carboxylic acids is 1. The number of nitrogens with two attached hydrogens (primary N) is 1. The highest BCUT2D eigenvalue weighted by Gasteiger charge is 2.11. The molecule has 0 aliphatic carbocycles. The van der Waals surface area contributed by atoms with Crippen LogP contribution in [0.25, 0.3) is 0 Å². The van der Waals surface area contributed by atoms with Crippen LogP contribution < -0.4 is 5.73 Å². The van der Waals surface area contributed by atoms with E-state index in [0.717, 1.165) is 5.56 Å². The molecule has 0 radical (unpaired) electrons. The summed E-state index contributed by atoms with van der Waals surface area (Å²) >= 11 is 0. The van der Waals surface area contributed by atoms with Crippen molar-refractivity contribution < 1.29 is 14.3 Å². The third-order valence-electron chi connectivity index (χ3n) is 2.34. The Kier molecular flexibility index (Phi) is 5.65. The molecule has 1 aromatic carbocycles. The molecule has 18 heavy (non-hydrogen) atoms. The molecule has 0 aliphatic heterocycles. The first-order valence-corrected chi connectivity index (χ1v) is 6.11. The third kappa shape index (κ3) is 4.75. The second-order valence-corrected chi connectivity index (χ2v) is 4.70. The monoisotopic (exact) mass is 251 g/mol. The summed E-state index contributed by atoms with van der Waals surface area (Å²) in [6, 6.07) is 5.30. The van der Waals surface area contributed by atoms with E-state index in [-0.39, 0.29) is 6.61 Å². The van der Waals surface area contributed by atoms with Crippen LogP contribution in [-0.2, 0) is 9.47 Å². The molecular weight excluding hydrogens is 230 g/mol. The van der Waals surface area contributed by atoms with Gasteiger partial charge in [0.05, 0.1) is 12.2 Å². The number of anilines is 1. The quantitative estimate of drug-likeness (QED) is 0.479. The Morgan fingerprint density at radius 1 is 1.33 bits per heavy atom. The molecule has 0 unspecified atom stereocenters. The Morgan fingerprint density at radius 2 is 2.06 bits per heavy atom. The molecule has 0 spiro atoms. The van der Waals surface area contributed by atoms with Crippen molar-refractivity contribution >= 4 is 11.7 Å². The SMILES string of the molecule is Cc1ccc(N)c(C(=O)OCCOCC(C)C)c1. The van der Waals surface area contributed by atoms with Gasteiger partial charge in [0.1, 0.15) is 6.61 Å². The molecule has 0 heterocycles. The van der Waals surface area contributed by atoms with Gasteiger partial charge in [0.2, 0.25) is 0 Å². The van der Waals surface area contributed by atoms with E-state index in [1.54, 1.807) is 12.1 Å². The summed E-state index contributed by atoms with van der Waals surface area (Å²) in [5, 5.41) is 0. The van der Waals surface area contributed by atoms with Crippen LogP contribution in [0.4, 0.5) is 5.69 Å². The highest BCUT2D eigenvalue weighted by molar-refractivity contribution is 5.95. The smallest absolute Gasteiger partial charge is 0.340 e. The van der Waals surface area contributed by atoms with Gasteiger partial charge in [-0.05, 0) is 25.0 Å². The van der Waals surface area contributed by atoms with Crippen molar-refractivity contribution in [2.45, 2.75) is 20.8 Å². The summed E-state index contributed by atoms with van der Waals surface area (Å²) in [5.74, 6) is 0.0810. The van der Waals surface area contributed by atoms with Gasteiger partial charge in [-0.1, -0.05) is 25.5 Å². The Balaban J connectivity index is 2.39. The highest BCUT2D eigenvalue weighted by Crippen LogP contribution is 2.14. The molecule has 0 fully saturated rings. The minimum absolute atomic E-state index is 0.249. The second-order valence-electron chi connectivity index (χ2n) is 4.70. The van der Waals surface area contributed by atoms with Crippen molar-refractivity contribution in [3.05, 3.63) is 29.3 Å². The third-order valence-corrected chi connectivity index (χ3v) is 2.34. The van der Waals surface area contributed by atoms with Gasteiger partial charge in [0.15, 0.2) is 0 Å². The molecule has 4 nitrogen and oxygen atoms in total. The van der Waals surface area contributed by atoms with Gasteiger partial charge >= 0.3 is 5.97 Å². The van der Waals surface area contributed by atoms with Gasteiger partial charge in [0.25, 0.3) is 0 Å². The average molecular weight is 251 g/mol. The fourth-order valence-electron chi connectivity index (χ4n) is 1.44. The summed E-state index contributed by atoms with van der Waals surface area (Å²) in [6.45, 7) is 7.37. The van der Waals surface area contributed by atoms with Gasteiger partial charge < -0.3 is 15.2 Å². The summed E-state index contributed by atoms with van der Waals surface area (Å²) in [5.41, 5.74) is 7.56. The zero-order valence-electron chi connectivity index (χ0n) is 11.2. The van der Waals surface area contributed by atoms with Crippen LogP contribution in [0.2, 0.25) is 0 Å². The Hall–Kier alpha value is -1.55. The van der Waals surface area contributed by atoms with E-state index in [4.69, 9.17) is 15.2 Å². The van der Waals surface area contributed by atoms with Crippen LogP contribution in [0.5, 0.6) is 0 Å². The van der Waals surface area contributed by atoms with Gasteiger partial charge in [-0.15, -0.1) is 0 Å². The minimum atomic E-state index is -0.399. The number of esters is 1. The summed E-state index contributed by atoms with van der Waals surface area (Å²) < 4.78 is 10.4. The fraction of sp³-hybridized carbons (Fsp3) is 0.500. The topological polar surface area (TPSA) is 61.6 Å². The molecule has 1 rings (SSSR count). The summed E-state index contributed by atoms with van der Waals surface area (Å²) in [7, 11) is 0. The number of benzene rings is 1. The number of carbonyl (C=O) groups is 1. The number of ether oxygens (including phenoxy) is 2. The molecule has 2 N–H and O–H groups in total. The minimum Gasteiger partial charge on any atom is -0.460 e. The van der Waals surface area contributed by atoms with Crippen molar-refractivity contribution in [3.8, 4) is 0 Å². The summed E-state index contributed by atoms with van der Waals surface area (Å²) in [6.07, 6.45) is 0. The normalized spacial score (nSPS) is 10.7. The Bertz CT molecular complexity index is 402. The number of aryl methyl sites for hydroxylation is 1. The van der Waals surface area contributed by atoms with E-state index in [1.807, 2.05) is 13.0 Å². The van der Waals surface area contributed by atoms with E-state index < -0.39 is 5.97 Å². The van der Waals surface area contributed by atoms with Crippen molar-refractivity contribution in [1.82, 2.24) is 0 Å². The standard InChI is InChI=1S/C14H21NO3/c1-10(2)9-17-6-7-18-14(16)12-8-11(3)4-5-13(12)15/h4-5,8,10H,6-7,9,15H2,1-3H3. The maximum Gasteiger partial charge on any atom is 0.340 e. The van der Waals surface area contributed by atoms with Crippen LogP contribution >= 0.6 is 0 Å². The van der Waals surface area contributed by atoms with Crippen LogP contribution in [0.15, 0.2) is 18.2 Å². The molecule has 100 valence electrons. The predicted molar refractivity (Wildman–Crippen MR) is 71.5 cm³/mol. The summed E-state index contributed by atoms with van der Waals surface area (Å²) in [4.78, 5) is 11.8. The van der Waals surface area contributed by atoms with Crippen LogP contribution in [0, 0.1) is 12.8 Å². The molecule has 1 aromatic rings. The second kappa shape index (κ2) is 7.01. The van der Waals surface area contributed by atoms with Crippen molar-refractivity contribution in [3.63, 3.8) is 0 Å². The molecule has 0 amide bonds. The largest absolute Gasteiger partial charge is 0.460 e. The molecule has 0 atom stereocenters. The lowest BCUT2D eigenvalue weighted by atomic mass is 10.1. The molecule has 0 saturated heterocycles. The van der Waals surface area contributed by atoms with Crippen molar-refractivity contribution in [2.75, 3.05) is 25.6 Å². The zero-order chi connectivity index (χ0) is 13.5. The zero-order valence-corrected chi connectivity index (χ0v) is 11.2. The van der Waals surface area contributed by atoms with Crippen LogP contribution in [0.3, 0.4) is 0 Å². The lowest BCUT2D eigenvalue weighted by Crippen LogP contribution is -2.14. The predicted octanol–water partition coefficient (Wildman–Crippen LogP) is 2.41. The highest BCUT2D eigenvalue weighted by atomic mass is 16.6. The van der Waals surface area contributed by atoms with E-state index in [0.29, 0.717) is 30.4 Å². The van der Waals surface area contributed by atoms with Crippen LogP contribution in [-0.4, -0.2) is 25.8 Å². The van der Waals surface area contributed by atoms with E-state index in [2.05, 4.69) is 13.8 Å². The molecule has 0 aliphatic rings. The molecule has 0 bridgehead atoms. The molecule has 4 heteroatoms. The lowest BCUT2D eigenvalue weighted by Gasteiger charge is -2.09. The van der Waals surface area contributed by atoms with E-state index >= 15 is 0 Å². The van der Waals surface area contributed by atoms with Crippen molar-refractivity contribution in [2.24, 2.45) is 5.92 Å². The maximum atomic E-state index is 11.8. The molecule has 0 saturated carbocycles. The maximum absolute atomic E-state index is 11.8. The Morgan fingerprint density at radius 3 is 2.72 bits per heavy atom. The first-order valence-electron chi connectivity index (χ1n) is 6.11. The molecule has 0 aromatic heterocycles. The van der Waals surface area contributed by atoms with Crippen LogP contribution in [0.1, 0.15) is 29.8 Å². The fourth-order valence-corrected chi connectivity index (χ4v) is 1.44. The van der Waals surface area contributed by atoms with Gasteiger partial charge in [-0.2, -0.15) is 0 Å². The van der Waals surface area contributed by atoms with E-state index in [1.165, 1.54) is 0 Å². The number of nitrogen functional groups attached to an aromatic ring is 1. The molecular formula is C14H21NO3. The van der Waals surface area contributed by atoms with Gasteiger partial charge in [-0.3, -0.25) is 0 Å². The number of hydrogen-bond acceptors (Lipinski definition) is 4. The van der Waals surface area contributed by atoms with Crippen molar-refractivity contribution in [1.29, 1.82) is 0 Å². The first kappa shape index (κ1) is 14.5. The first-order chi connectivity index (χ1) is 8.50. The van der Waals surface area contributed by atoms with Gasteiger partial charge in [-0.25, -0.2) is 4.79 Å². The number of rotatable bonds is 6. The Labute approximate surface area is 108 Å².